The first-order valence-electron chi connectivity index (χ1n) is 5.10. The van der Waals surface area contributed by atoms with E-state index >= 15 is 0 Å². The Bertz CT molecular complexity index is 219. The fourth-order valence-corrected chi connectivity index (χ4v) is 1.17. The van der Waals surface area contributed by atoms with Gasteiger partial charge in [0.15, 0.2) is 0 Å². The van der Waals surface area contributed by atoms with Gasteiger partial charge >= 0.3 is 5.97 Å². The summed E-state index contributed by atoms with van der Waals surface area (Å²) in [5.41, 5.74) is 0. The number of methoxy groups -OCH3 is 2. The van der Waals surface area contributed by atoms with Gasteiger partial charge in [-0.15, -0.1) is 0 Å². The van der Waals surface area contributed by atoms with Crippen LogP contribution in [0.1, 0.15) is 12.8 Å². The Labute approximate surface area is 95.1 Å². The molecule has 1 N–H and O–H groups in total. The minimum absolute atomic E-state index is 0.00892. The van der Waals surface area contributed by atoms with E-state index in [1.165, 1.54) is 19.1 Å². The van der Waals surface area contributed by atoms with Crippen LogP contribution in [-0.2, 0) is 19.1 Å². The van der Waals surface area contributed by atoms with E-state index in [4.69, 9.17) is 9.84 Å². The van der Waals surface area contributed by atoms with Gasteiger partial charge in [-0.3, -0.25) is 9.59 Å². The zero-order valence-electron chi connectivity index (χ0n) is 9.77. The van der Waals surface area contributed by atoms with Crippen LogP contribution in [0, 0.1) is 0 Å². The summed E-state index contributed by atoms with van der Waals surface area (Å²) >= 11 is 0. The molecular formula is C10H19NO5. The molecule has 0 aliphatic carbocycles. The summed E-state index contributed by atoms with van der Waals surface area (Å²) in [5.74, 6) is -0.556. The Balaban J connectivity index is 4.08. The molecule has 0 aromatic heterocycles. The topological polar surface area (TPSA) is 76.1 Å². The molecule has 0 fully saturated rings. The maximum Gasteiger partial charge on any atom is 0.307 e. The van der Waals surface area contributed by atoms with Crippen molar-refractivity contribution in [1.29, 1.82) is 0 Å². The molecule has 6 nitrogen and oxygen atoms in total. The highest BCUT2D eigenvalue weighted by Crippen LogP contribution is 1.97. The molecule has 0 bridgehead atoms. The Morgan fingerprint density at radius 1 is 1.25 bits per heavy atom. The summed E-state index contributed by atoms with van der Waals surface area (Å²) in [7, 11) is 2.74. The SMILES string of the molecule is COCC(=O)N(CCCO)CCC(=O)OC. The minimum atomic E-state index is -0.362. The second-order valence-corrected chi connectivity index (χ2v) is 3.22. The number of aliphatic hydroxyl groups excluding tert-OH is 1. The van der Waals surface area contributed by atoms with Gasteiger partial charge in [0.05, 0.1) is 13.5 Å². The molecule has 0 aliphatic rings. The molecule has 16 heavy (non-hydrogen) atoms. The summed E-state index contributed by atoms with van der Waals surface area (Å²) in [6.45, 7) is 0.687. The van der Waals surface area contributed by atoms with Crippen LogP contribution in [0.15, 0.2) is 0 Å². The number of hydrogen-bond donors (Lipinski definition) is 1. The van der Waals surface area contributed by atoms with E-state index in [0.29, 0.717) is 13.0 Å². The van der Waals surface area contributed by atoms with Crippen molar-refractivity contribution in [3.8, 4) is 0 Å². The number of amides is 1. The molecule has 1 amide bonds. The predicted octanol–water partition coefficient (Wildman–Crippen LogP) is -0.593. The Morgan fingerprint density at radius 3 is 2.44 bits per heavy atom. The third-order valence-corrected chi connectivity index (χ3v) is 2.02. The lowest BCUT2D eigenvalue weighted by Gasteiger charge is -2.21. The number of aliphatic hydroxyl groups is 1. The maximum absolute atomic E-state index is 11.5. The number of nitrogens with zero attached hydrogens (tertiary/aromatic N) is 1. The Kier molecular flexibility index (Phi) is 8.46. The first-order valence-corrected chi connectivity index (χ1v) is 5.10. The van der Waals surface area contributed by atoms with Crippen LogP contribution in [-0.4, -0.2) is 62.4 Å². The maximum atomic E-state index is 11.5. The summed E-state index contributed by atoms with van der Waals surface area (Å²) in [4.78, 5) is 23.9. The van der Waals surface area contributed by atoms with Crippen LogP contribution >= 0.6 is 0 Å². The van der Waals surface area contributed by atoms with Crippen LogP contribution in [0.3, 0.4) is 0 Å². The number of ether oxygens (including phenoxy) is 2. The van der Waals surface area contributed by atoms with Crippen LogP contribution in [0.25, 0.3) is 0 Å². The largest absolute Gasteiger partial charge is 0.469 e. The molecule has 0 unspecified atom stereocenters. The molecular weight excluding hydrogens is 214 g/mol. The molecule has 0 heterocycles. The molecule has 0 atom stereocenters. The number of rotatable bonds is 8. The molecule has 0 aromatic rings. The lowest BCUT2D eigenvalue weighted by atomic mass is 10.3. The molecule has 0 radical (unpaired) electrons. The lowest BCUT2D eigenvalue weighted by Crippen LogP contribution is -2.36. The fourth-order valence-electron chi connectivity index (χ4n) is 1.17. The normalized spacial score (nSPS) is 9.94. The summed E-state index contributed by atoms with van der Waals surface area (Å²) in [6, 6.07) is 0. The third kappa shape index (κ3) is 6.36. The Hall–Kier alpha value is -1.14. The third-order valence-electron chi connectivity index (χ3n) is 2.02. The molecule has 0 rings (SSSR count). The first kappa shape index (κ1) is 14.9. The predicted molar refractivity (Wildman–Crippen MR) is 56.8 cm³/mol. The van der Waals surface area contributed by atoms with E-state index in [2.05, 4.69) is 4.74 Å². The van der Waals surface area contributed by atoms with Crippen molar-refractivity contribution < 1.29 is 24.2 Å². The van der Waals surface area contributed by atoms with Crippen molar-refractivity contribution in [1.82, 2.24) is 4.90 Å². The monoisotopic (exact) mass is 233 g/mol. The van der Waals surface area contributed by atoms with Gasteiger partial charge in [-0.25, -0.2) is 0 Å². The second kappa shape index (κ2) is 9.11. The zero-order chi connectivity index (χ0) is 12.4. The smallest absolute Gasteiger partial charge is 0.307 e. The summed E-state index contributed by atoms with van der Waals surface area (Å²) in [5, 5.41) is 8.69. The van der Waals surface area contributed by atoms with Crippen molar-refractivity contribution in [2.75, 3.05) is 40.5 Å². The van der Waals surface area contributed by atoms with Crippen molar-refractivity contribution in [3.63, 3.8) is 0 Å². The van der Waals surface area contributed by atoms with Crippen LogP contribution in [0.2, 0.25) is 0 Å². The van der Waals surface area contributed by atoms with Gasteiger partial charge in [-0.05, 0) is 6.42 Å². The zero-order valence-corrected chi connectivity index (χ0v) is 9.77. The summed E-state index contributed by atoms with van der Waals surface area (Å²) in [6.07, 6.45) is 0.633. The van der Waals surface area contributed by atoms with Gasteiger partial charge in [-0.1, -0.05) is 0 Å². The van der Waals surface area contributed by atoms with Crippen LogP contribution in [0.4, 0.5) is 0 Å². The van der Waals surface area contributed by atoms with Gasteiger partial charge in [0.25, 0.3) is 0 Å². The van der Waals surface area contributed by atoms with Crippen molar-refractivity contribution in [2.45, 2.75) is 12.8 Å². The number of hydrogen-bond acceptors (Lipinski definition) is 5. The first-order chi connectivity index (χ1) is 7.65. The quantitative estimate of drug-likeness (QED) is 0.567. The van der Waals surface area contributed by atoms with Crippen molar-refractivity contribution >= 4 is 11.9 Å². The number of carbonyl (C=O) groups excluding carboxylic acids is 2. The molecule has 0 saturated heterocycles. The van der Waals surface area contributed by atoms with Gasteiger partial charge in [0.2, 0.25) is 5.91 Å². The van der Waals surface area contributed by atoms with Crippen LogP contribution in [0.5, 0.6) is 0 Å². The molecule has 0 saturated carbocycles. The fraction of sp³-hybridized carbons (Fsp3) is 0.800. The highest BCUT2D eigenvalue weighted by molar-refractivity contribution is 5.78. The highest BCUT2D eigenvalue weighted by atomic mass is 16.5. The number of esters is 1. The Morgan fingerprint density at radius 2 is 1.94 bits per heavy atom. The van der Waals surface area contributed by atoms with Crippen LogP contribution < -0.4 is 0 Å². The van der Waals surface area contributed by atoms with Gasteiger partial charge < -0.3 is 19.5 Å². The molecule has 0 spiro atoms. The van der Waals surface area contributed by atoms with Gasteiger partial charge in [0, 0.05) is 26.8 Å². The second-order valence-electron chi connectivity index (χ2n) is 3.22. The van der Waals surface area contributed by atoms with Gasteiger partial charge in [0.1, 0.15) is 6.61 Å². The number of carbonyl (C=O) groups is 2. The van der Waals surface area contributed by atoms with E-state index in [0.717, 1.165) is 0 Å². The van der Waals surface area contributed by atoms with E-state index in [1.54, 1.807) is 0 Å². The molecule has 6 heteroatoms. The van der Waals surface area contributed by atoms with E-state index in [9.17, 15) is 9.59 Å². The molecule has 0 aromatic carbocycles. The van der Waals surface area contributed by atoms with Crippen molar-refractivity contribution in [2.24, 2.45) is 0 Å². The van der Waals surface area contributed by atoms with E-state index < -0.39 is 0 Å². The average molecular weight is 233 g/mol. The van der Waals surface area contributed by atoms with Crippen molar-refractivity contribution in [3.05, 3.63) is 0 Å². The lowest BCUT2D eigenvalue weighted by molar-refractivity contribution is -0.142. The highest BCUT2D eigenvalue weighted by Gasteiger charge is 2.14. The minimum Gasteiger partial charge on any atom is -0.469 e. The summed E-state index contributed by atoms with van der Waals surface area (Å²) < 4.78 is 9.22. The van der Waals surface area contributed by atoms with Gasteiger partial charge in [-0.2, -0.15) is 0 Å². The molecule has 0 aliphatic heterocycles. The average Bonchev–Trinajstić information content (AvgIpc) is 2.29. The molecule has 94 valence electrons. The standard InChI is InChI=1S/C10H19NO5/c1-15-8-9(13)11(5-3-7-12)6-4-10(14)16-2/h12H,3-8H2,1-2H3. The van der Waals surface area contributed by atoms with E-state index in [-0.39, 0.29) is 38.1 Å². The van der Waals surface area contributed by atoms with E-state index in [1.807, 2.05) is 0 Å².